The van der Waals surface area contributed by atoms with Crippen LogP contribution in [0.3, 0.4) is 0 Å². The van der Waals surface area contributed by atoms with Gasteiger partial charge < -0.3 is 9.64 Å². The second-order valence-corrected chi connectivity index (χ2v) is 7.87. The number of hydrogen-bond acceptors (Lipinski definition) is 4. The van der Waals surface area contributed by atoms with Crippen LogP contribution in [0.15, 0.2) is 60.1 Å². The van der Waals surface area contributed by atoms with Gasteiger partial charge >= 0.3 is 0 Å². The highest BCUT2D eigenvalue weighted by Crippen LogP contribution is 2.47. The maximum absolute atomic E-state index is 14.8. The van der Waals surface area contributed by atoms with Gasteiger partial charge in [0.15, 0.2) is 11.5 Å². The minimum absolute atomic E-state index is 0.0637. The number of Topliss-reactive ketones (excluding diaryl/α,β-unsaturated/α-hetero) is 1. The van der Waals surface area contributed by atoms with Crippen molar-refractivity contribution in [2.24, 2.45) is 5.92 Å². The molecule has 3 aliphatic rings. The van der Waals surface area contributed by atoms with Gasteiger partial charge in [-0.25, -0.2) is 4.39 Å². The normalized spacial score (nSPS) is 26.2. The largest absolute Gasteiger partial charge is 0.483 e. The van der Waals surface area contributed by atoms with Gasteiger partial charge in [0.1, 0.15) is 11.9 Å². The fraction of sp³-hybridized carbons (Fsp3) is 0.348. The van der Waals surface area contributed by atoms with E-state index in [4.69, 9.17) is 4.74 Å². The monoisotopic (exact) mass is 392 g/mol. The van der Waals surface area contributed by atoms with Gasteiger partial charge in [0.05, 0.1) is 17.5 Å². The zero-order valence-corrected chi connectivity index (χ0v) is 15.9. The molecule has 0 saturated heterocycles. The first-order valence-electron chi connectivity index (χ1n) is 10.0. The van der Waals surface area contributed by atoms with E-state index in [9.17, 15) is 14.0 Å². The summed E-state index contributed by atoms with van der Waals surface area (Å²) < 4.78 is 20.9. The molecule has 148 valence electrons. The molecule has 0 spiro atoms. The van der Waals surface area contributed by atoms with Crippen molar-refractivity contribution in [3.05, 3.63) is 77.1 Å². The minimum Gasteiger partial charge on any atom is -0.483 e. The lowest BCUT2D eigenvalue weighted by Gasteiger charge is -2.35. The van der Waals surface area contributed by atoms with Crippen molar-refractivity contribution in [3.63, 3.8) is 0 Å². The van der Waals surface area contributed by atoms with E-state index in [1.807, 2.05) is 6.07 Å². The number of amides is 1. The predicted octanol–water partition coefficient (Wildman–Crippen LogP) is 3.72. The van der Waals surface area contributed by atoms with Gasteiger partial charge in [-0.15, -0.1) is 0 Å². The Morgan fingerprint density at radius 1 is 1.10 bits per heavy atom. The highest BCUT2D eigenvalue weighted by atomic mass is 19.1. The van der Waals surface area contributed by atoms with E-state index >= 15 is 0 Å². The molecular weight excluding hydrogens is 371 g/mol. The Bertz CT molecular complexity index is 1000. The molecule has 1 amide bonds. The number of aromatic nitrogens is 1. The van der Waals surface area contributed by atoms with Gasteiger partial charge in [0, 0.05) is 24.5 Å². The van der Waals surface area contributed by atoms with Crippen LogP contribution in [-0.2, 0) is 20.9 Å². The minimum atomic E-state index is -0.783. The number of rotatable bonds is 3. The van der Waals surface area contributed by atoms with E-state index in [0.717, 1.165) is 31.2 Å². The Labute approximate surface area is 168 Å². The summed E-state index contributed by atoms with van der Waals surface area (Å²) in [5.74, 6) is -0.993. The standard InChI is InChI=1S/C23H21FN2O3/c24-17-9-3-1-7-15(17)20-19-21(27)16-8-2-4-10-18(16)29-22(19)23(28)26(20)13-14-6-5-11-25-12-14/h1,3,5-7,9,11-12,16,18,20H,2,4,8,10,13H2. The third-order valence-electron chi connectivity index (χ3n) is 6.13. The third-order valence-corrected chi connectivity index (χ3v) is 6.13. The van der Waals surface area contributed by atoms with Crippen LogP contribution in [0.5, 0.6) is 0 Å². The van der Waals surface area contributed by atoms with Crippen LogP contribution in [0.25, 0.3) is 0 Å². The van der Waals surface area contributed by atoms with Crippen LogP contribution in [-0.4, -0.2) is 27.7 Å². The summed E-state index contributed by atoms with van der Waals surface area (Å²) in [5.41, 5.74) is 1.44. The average molecular weight is 392 g/mol. The Hall–Kier alpha value is -3.02. The summed E-state index contributed by atoms with van der Waals surface area (Å²) in [6, 6.07) is 9.19. The molecule has 3 heterocycles. The van der Waals surface area contributed by atoms with E-state index in [1.165, 1.54) is 11.0 Å². The van der Waals surface area contributed by atoms with E-state index in [2.05, 4.69) is 4.98 Å². The smallest absolute Gasteiger partial charge is 0.290 e. The fourth-order valence-electron chi connectivity index (χ4n) is 4.76. The van der Waals surface area contributed by atoms with E-state index < -0.39 is 11.9 Å². The molecule has 3 atom stereocenters. The maximum Gasteiger partial charge on any atom is 0.290 e. The topological polar surface area (TPSA) is 59.5 Å². The fourth-order valence-corrected chi connectivity index (χ4v) is 4.76. The zero-order valence-electron chi connectivity index (χ0n) is 15.9. The van der Waals surface area contributed by atoms with Crippen molar-refractivity contribution in [2.75, 3.05) is 0 Å². The van der Waals surface area contributed by atoms with Gasteiger partial charge in [-0.3, -0.25) is 14.6 Å². The average Bonchev–Trinajstić information content (AvgIpc) is 3.01. The number of pyridine rings is 1. The summed E-state index contributed by atoms with van der Waals surface area (Å²) in [6.45, 7) is 0.227. The van der Waals surface area contributed by atoms with Crippen molar-refractivity contribution < 1.29 is 18.7 Å². The second-order valence-electron chi connectivity index (χ2n) is 7.87. The van der Waals surface area contributed by atoms with Crippen LogP contribution in [0, 0.1) is 11.7 Å². The van der Waals surface area contributed by atoms with Crippen LogP contribution in [0.4, 0.5) is 4.39 Å². The Morgan fingerprint density at radius 3 is 2.72 bits per heavy atom. The molecule has 1 aromatic carbocycles. The lowest BCUT2D eigenvalue weighted by atomic mass is 9.77. The van der Waals surface area contributed by atoms with Crippen LogP contribution >= 0.6 is 0 Å². The van der Waals surface area contributed by atoms with Crippen molar-refractivity contribution in [2.45, 2.75) is 44.4 Å². The first-order valence-corrected chi connectivity index (χ1v) is 10.0. The Kier molecular flexibility index (Phi) is 4.42. The molecule has 5 nitrogen and oxygen atoms in total. The maximum atomic E-state index is 14.8. The molecule has 29 heavy (non-hydrogen) atoms. The molecule has 6 heteroatoms. The number of hydrogen-bond donors (Lipinski definition) is 0. The highest BCUT2D eigenvalue weighted by molar-refractivity contribution is 6.11. The van der Waals surface area contributed by atoms with E-state index in [0.29, 0.717) is 11.1 Å². The second kappa shape index (κ2) is 7.10. The number of benzene rings is 1. The number of carbonyl (C=O) groups excluding carboxylic acids is 2. The molecule has 0 bridgehead atoms. The van der Waals surface area contributed by atoms with Gasteiger partial charge in [-0.1, -0.05) is 30.7 Å². The highest BCUT2D eigenvalue weighted by Gasteiger charge is 2.52. The number of halogens is 1. The van der Waals surface area contributed by atoms with Gasteiger partial charge in [0.25, 0.3) is 5.91 Å². The molecule has 1 aromatic heterocycles. The van der Waals surface area contributed by atoms with E-state index in [1.54, 1.807) is 36.7 Å². The molecule has 0 N–H and O–H groups in total. The number of carbonyl (C=O) groups is 2. The zero-order chi connectivity index (χ0) is 20.0. The molecule has 3 unspecified atom stereocenters. The molecular formula is C23H21FN2O3. The first-order chi connectivity index (χ1) is 14.1. The lowest BCUT2D eigenvalue weighted by molar-refractivity contribution is -0.135. The number of fused-ring (bicyclic) bond motifs is 1. The molecule has 2 aromatic rings. The summed E-state index contributed by atoms with van der Waals surface area (Å²) in [5, 5.41) is 0. The van der Waals surface area contributed by atoms with Crippen molar-refractivity contribution in [1.82, 2.24) is 9.88 Å². The van der Waals surface area contributed by atoms with Crippen molar-refractivity contribution in [3.8, 4) is 0 Å². The van der Waals surface area contributed by atoms with Crippen molar-refractivity contribution >= 4 is 11.7 Å². The SMILES string of the molecule is O=C1C2=C(OC3CCCCC13)C(=O)N(Cc1cccnc1)C2c1ccccc1F. The summed E-state index contributed by atoms with van der Waals surface area (Å²) in [4.78, 5) is 32.4. The van der Waals surface area contributed by atoms with Gasteiger partial charge in [0.2, 0.25) is 0 Å². The van der Waals surface area contributed by atoms with Gasteiger partial charge in [-0.2, -0.15) is 0 Å². The number of ether oxygens (including phenoxy) is 1. The Morgan fingerprint density at radius 2 is 1.93 bits per heavy atom. The third kappa shape index (κ3) is 2.94. The molecule has 0 radical (unpaired) electrons. The number of ketones is 1. The van der Waals surface area contributed by atoms with Crippen molar-refractivity contribution in [1.29, 1.82) is 0 Å². The van der Waals surface area contributed by atoms with E-state index in [-0.39, 0.29) is 36.0 Å². The molecule has 2 aliphatic heterocycles. The summed E-state index contributed by atoms with van der Waals surface area (Å²) >= 11 is 0. The quantitative estimate of drug-likeness (QED) is 0.799. The molecule has 1 fully saturated rings. The summed E-state index contributed by atoms with van der Waals surface area (Å²) in [6.07, 6.45) is 6.56. The lowest BCUT2D eigenvalue weighted by Crippen LogP contribution is -2.39. The predicted molar refractivity (Wildman–Crippen MR) is 103 cm³/mol. The first kappa shape index (κ1) is 18.0. The molecule has 1 saturated carbocycles. The Balaban J connectivity index is 1.61. The van der Waals surface area contributed by atoms with Crippen LogP contribution < -0.4 is 0 Å². The molecule has 1 aliphatic carbocycles. The molecule has 5 rings (SSSR count). The van der Waals surface area contributed by atoms with Gasteiger partial charge in [-0.05, 0) is 37.0 Å². The van der Waals surface area contributed by atoms with Crippen LogP contribution in [0.2, 0.25) is 0 Å². The summed E-state index contributed by atoms with van der Waals surface area (Å²) in [7, 11) is 0. The number of nitrogens with zero attached hydrogens (tertiary/aromatic N) is 2. The van der Waals surface area contributed by atoms with Crippen LogP contribution in [0.1, 0.15) is 42.9 Å².